The second-order valence-electron chi connectivity index (χ2n) is 14.9. The fraction of sp³-hybridized carbons (Fsp3) is 0.478. The summed E-state index contributed by atoms with van der Waals surface area (Å²) in [7, 11) is 0. The molecule has 6 rings (SSSR count). The van der Waals surface area contributed by atoms with Gasteiger partial charge < -0.3 is 34.0 Å². The van der Waals surface area contributed by atoms with Crippen molar-refractivity contribution < 1.29 is 43.2 Å². The standard InChI is InChI=1S/C46H57FN2O8S/c1-5-26-54-46-42(49(45(52)53-6-2)30-31-14-16-33(47)17-15-31)29-40(48-55-7-3)38-27-32(12-8-10-24-50)37(13-9-11-25-51)43(44(38)46)39-28-35(20-23-41(39)57-46)56-34-18-21-36(58-4)22-19-34/h5,14-23,27-28,32,37,42-44,50-51H,1,6-13,24-26,29-30H2,2-4H3. The highest BCUT2D eigenvalue weighted by atomic mass is 32.2. The van der Waals surface area contributed by atoms with Crippen molar-refractivity contribution in [3.63, 3.8) is 0 Å². The van der Waals surface area contributed by atoms with Crippen molar-refractivity contribution in [2.24, 2.45) is 22.9 Å². The molecule has 2 N–H and O–H groups in total. The van der Waals surface area contributed by atoms with Gasteiger partial charge in [-0.2, -0.15) is 0 Å². The zero-order valence-electron chi connectivity index (χ0n) is 33.8. The molecule has 3 aliphatic rings. The number of fused-ring (bicyclic) bond motifs is 2. The first-order valence-electron chi connectivity index (χ1n) is 20.5. The van der Waals surface area contributed by atoms with Crippen molar-refractivity contribution >= 4 is 23.6 Å². The van der Waals surface area contributed by atoms with E-state index in [-0.39, 0.29) is 63.0 Å². The van der Waals surface area contributed by atoms with Crippen LogP contribution in [0, 0.1) is 23.6 Å². The van der Waals surface area contributed by atoms with Crippen molar-refractivity contribution in [3.8, 4) is 17.2 Å². The maximum atomic E-state index is 14.3. The summed E-state index contributed by atoms with van der Waals surface area (Å²) in [5.74, 6) is -0.462. The Bertz CT molecular complexity index is 1890. The molecule has 6 unspecified atom stereocenters. The lowest BCUT2D eigenvalue weighted by molar-refractivity contribution is -0.256. The Morgan fingerprint density at radius 2 is 1.72 bits per heavy atom. The van der Waals surface area contributed by atoms with E-state index in [2.05, 4.69) is 18.7 Å². The normalized spacial score (nSPS) is 23.9. The van der Waals surface area contributed by atoms with Crippen LogP contribution in [0.15, 0.2) is 101 Å². The van der Waals surface area contributed by atoms with Crippen molar-refractivity contribution in [1.29, 1.82) is 0 Å². The summed E-state index contributed by atoms with van der Waals surface area (Å²) >= 11 is 1.66. The highest BCUT2D eigenvalue weighted by Crippen LogP contribution is 2.62. The van der Waals surface area contributed by atoms with Gasteiger partial charge in [0.05, 0.1) is 24.8 Å². The van der Waals surface area contributed by atoms with E-state index in [4.69, 9.17) is 28.9 Å². The van der Waals surface area contributed by atoms with Crippen molar-refractivity contribution in [2.75, 3.05) is 39.3 Å². The summed E-state index contributed by atoms with van der Waals surface area (Å²) in [4.78, 5) is 22.9. The SMILES string of the molecule is C=CCOC12Oc3ccc(Oc4ccc(SC)cc4)cc3C3C(CCCCO)C(CCCCO)C=C(C(=NOCC)CC1N(Cc1ccc(F)cc1)C(=O)OCC)C32. The molecule has 2 aliphatic carbocycles. The number of allylic oxidation sites excluding steroid dienone is 1. The number of aliphatic hydroxyl groups excluding tert-OH is 2. The molecule has 0 aromatic heterocycles. The Kier molecular flexibility index (Phi) is 15.3. The van der Waals surface area contributed by atoms with Gasteiger partial charge in [-0.3, -0.25) is 4.90 Å². The number of carbonyl (C=O) groups excluding carboxylic acids is 1. The summed E-state index contributed by atoms with van der Waals surface area (Å²) in [6, 6.07) is 19.1. The van der Waals surface area contributed by atoms with Gasteiger partial charge in [0.25, 0.3) is 0 Å². The van der Waals surface area contributed by atoms with E-state index in [0.29, 0.717) is 48.0 Å². The minimum atomic E-state index is -1.46. The van der Waals surface area contributed by atoms with Gasteiger partial charge in [-0.15, -0.1) is 18.3 Å². The molecule has 1 fully saturated rings. The number of aliphatic hydroxyl groups is 2. The number of hydrogen-bond donors (Lipinski definition) is 2. The van der Waals surface area contributed by atoms with Gasteiger partial charge in [-0.05, 0) is 123 Å². The fourth-order valence-electron chi connectivity index (χ4n) is 8.93. The van der Waals surface area contributed by atoms with E-state index in [1.54, 1.807) is 41.8 Å². The van der Waals surface area contributed by atoms with E-state index < -0.39 is 23.8 Å². The van der Waals surface area contributed by atoms with E-state index in [1.165, 1.54) is 12.1 Å². The summed E-state index contributed by atoms with van der Waals surface area (Å²) in [5, 5.41) is 24.5. The number of ether oxygens (including phenoxy) is 4. The molecule has 12 heteroatoms. The number of benzene rings is 3. The average molecular weight is 817 g/mol. The molecule has 1 amide bonds. The average Bonchev–Trinajstić information content (AvgIpc) is 3.23. The van der Waals surface area contributed by atoms with Gasteiger partial charge in [-0.1, -0.05) is 42.3 Å². The molecular formula is C46H57FN2O8S. The van der Waals surface area contributed by atoms with Crippen LogP contribution in [0.5, 0.6) is 17.2 Å². The Morgan fingerprint density at radius 1 is 1.00 bits per heavy atom. The van der Waals surface area contributed by atoms with E-state index in [9.17, 15) is 19.4 Å². The summed E-state index contributed by atoms with van der Waals surface area (Å²) in [5.41, 5.74) is 3.27. The number of oxime groups is 1. The molecule has 1 aliphatic heterocycles. The molecular weight excluding hydrogens is 760 g/mol. The molecule has 0 radical (unpaired) electrons. The molecule has 6 atom stereocenters. The first-order chi connectivity index (χ1) is 28.3. The minimum absolute atomic E-state index is 0.0460. The van der Waals surface area contributed by atoms with Gasteiger partial charge in [0.15, 0.2) is 0 Å². The molecule has 3 aromatic carbocycles. The van der Waals surface area contributed by atoms with Crippen LogP contribution >= 0.6 is 11.8 Å². The molecule has 1 heterocycles. The van der Waals surface area contributed by atoms with Crippen LogP contribution in [0.25, 0.3) is 0 Å². The zero-order valence-corrected chi connectivity index (χ0v) is 34.6. The molecule has 0 bridgehead atoms. The Hall–Kier alpha value is -4.36. The van der Waals surface area contributed by atoms with Crippen LogP contribution < -0.4 is 9.47 Å². The maximum absolute atomic E-state index is 14.3. The Labute approximate surface area is 346 Å². The smallest absolute Gasteiger partial charge is 0.410 e. The molecule has 58 heavy (non-hydrogen) atoms. The number of thioether (sulfide) groups is 1. The molecule has 10 nitrogen and oxygen atoms in total. The van der Waals surface area contributed by atoms with Crippen molar-refractivity contribution in [3.05, 3.63) is 108 Å². The number of unbranched alkanes of at least 4 members (excludes halogenated alkanes) is 2. The van der Waals surface area contributed by atoms with E-state index in [1.807, 2.05) is 49.6 Å². The monoisotopic (exact) mass is 816 g/mol. The zero-order chi connectivity index (χ0) is 41.1. The fourth-order valence-corrected chi connectivity index (χ4v) is 9.34. The predicted molar refractivity (Wildman–Crippen MR) is 224 cm³/mol. The Balaban J connectivity index is 1.59. The number of halogens is 1. The number of amides is 1. The lowest BCUT2D eigenvalue weighted by Crippen LogP contribution is -2.70. The van der Waals surface area contributed by atoms with Crippen molar-refractivity contribution in [1.82, 2.24) is 4.90 Å². The number of carbonyl (C=O) groups is 1. The first-order valence-corrected chi connectivity index (χ1v) is 21.7. The summed E-state index contributed by atoms with van der Waals surface area (Å²) < 4.78 is 40.7. The number of rotatable bonds is 20. The third-order valence-electron chi connectivity index (χ3n) is 11.4. The van der Waals surface area contributed by atoms with Gasteiger partial charge >= 0.3 is 6.09 Å². The number of nitrogens with zero attached hydrogens (tertiary/aromatic N) is 2. The van der Waals surface area contributed by atoms with Crippen LogP contribution in [-0.4, -0.2) is 78.0 Å². The molecule has 3 aromatic rings. The van der Waals surface area contributed by atoms with Gasteiger partial charge in [0.1, 0.15) is 35.7 Å². The largest absolute Gasteiger partial charge is 0.459 e. The third kappa shape index (κ3) is 9.57. The summed E-state index contributed by atoms with van der Waals surface area (Å²) in [6.07, 6.45) is 10.2. The summed E-state index contributed by atoms with van der Waals surface area (Å²) in [6.45, 7) is 8.52. The van der Waals surface area contributed by atoms with E-state index in [0.717, 1.165) is 41.7 Å². The maximum Gasteiger partial charge on any atom is 0.410 e. The third-order valence-corrected chi connectivity index (χ3v) is 12.1. The second-order valence-corrected chi connectivity index (χ2v) is 15.8. The quantitative estimate of drug-likeness (QED) is 0.0497. The predicted octanol–water partition coefficient (Wildman–Crippen LogP) is 9.65. The van der Waals surface area contributed by atoms with Crippen LogP contribution in [0.2, 0.25) is 0 Å². The minimum Gasteiger partial charge on any atom is -0.459 e. The topological polar surface area (TPSA) is 119 Å². The Morgan fingerprint density at radius 3 is 2.40 bits per heavy atom. The highest BCUT2D eigenvalue weighted by molar-refractivity contribution is 7.98. The van der Waals surface area contributed by atoms with Crippen LogP contribution in [0.3, 0.4) is 0 Å². The molecule has 0 spiro atoms. The van der Waals surface area contributed by atoms with Crippen LogP contribution in [0.1, 0.15) is 75.8 Å². The molecule has 0 saturated heterocycles. The number of hydrogen-bond acceptors (Lipinski definition) is 10. The van der Waals surface area contributed by atoms with Crippen molar-refractivity contribution in [2.45, 2.75) is 88.0 Å². The lowest BCUT2D eigenvalue weighted by atomic mass is 9.55. The molecule has 1 saturated carbocycles. The lowest BCUT2D eigenvalue weighted by Gasteiger charge is -2.59. The van der Waals surface area contributed by atoms with E-state index >= 15 is 0 Å². The van der Waals surface area contributed by atoms with Crippen LogP contribution in [-0.2, 0) is 20.9 Å². The highest BCUT2D eigenvalue weighted by Gasteiger charge is 2.65. The molecule has 312 valence electrons. The van der Waals surface area contributed by atoms with Gasteiger partial charge in [0, 0.05) is 42.6 Å². The second kappa shape index (κ2) is 20.6. The van der Waals surface area contributed by atoms with Gasteiger partial charge in [0.2, 0.25) is 5.79 Å². The van der Waals surface area contributed by atoms with Gasteiger partial charge in [-0.25, -0.2) is 9.18 Å². The first kappa shape index (κ1) is 43.2. The van der Waals surface area contributed by atoms with Crippen LogP contribution in [0.4, 0.5) is 9.18 Å².